The number of thiophene rings is 5. The Morgan fingerprint density at radius 2 is 0.548 bits per heavy atom. The maximum atomic E-state index is 2.66. The number of hydrogen-bond donors (Lipinski definition) is 0. The molecule has 73 heavy (non-hydrogen) atoms. The molecule has 0 aliphatic heterocycles. The summed E-state index contributed by atoms with van der Waals surface area (Å²) in [5, 5.41) is 0. The summed E-state index contributed by atoms with van der Waals surface area (Å²) in [6, 6.07) is 24.7. The highest BCUT2D eigenvalue weighted by Gasteiger charge is 2.22. The molecule has 6 aromatic rings. The highest BCUT2D eigenvalue weighted by molar-refractivity contribution is 7.30. The zero-order chi connectivity index (χ0) is 51.3. The number of unbranched alkanes of at least 4 members (excludes halogenated alkanes) is 28. The molecule has 0 fully saturated rings. The fourth-order valence-corrected chi connectivity index (χ4v) is 17.2. The Morgan fingerprint density at radius 3 is 0.918 bits per heavy atom. The first-order valence-electron chi connectivity index (χ1n) is 30.6. The summed E-state index contributed by atoms with van der Waals surface area (Å²) in [5.41, 5.74) is 9.07. The van der Waals surface area contributed by atoms with Crippen molar-refractivity contribution in [2.45, 2.75) is 273 Å². The Balaban J connectivity index is 1.28. The molecule has 6 rings (SSSR count). The Bertz CT molecular complexity index is 2350. The molecule has 402 valence electrons. The Hall–Kier alpha value is -2.28. The third kappa shape index (κ3) is 20.6. The van der Waals surface area contributed by atoms with Crippen molar-refractivity contribution in [2.24, 2.45) is 0 Å². The van der Waals surface area contributed by atoms with Crippen LogP contribution in [-0.4, -0.2) is 0 Å². The topological polar surface area (TPSA) is 0 Å². The fourth-order valence-electron chi connectivity index (χ4n) is 10.9. The van der Waals surface area contributed by atoms with Crippen LogP contribution in [0.3, 0.4) is 0 Å². The van der Waals surface area contributed by atoms with E-state index in [-0.39, 0.29) is 0 Å². The standard InChI is InChI=1S/C68H100S5/c1-7-11-15-19-23-27-31-35-39-56-49-54(6)69-67(56)63-51-58(41-37-33-29-25-21-17-13-9-3)65(72-63)60-47-48-61(70-60)66-59(42-38-34-30-26-22-18-14-10-4)52-64(73-66)68-57(40-36-32-28-24-20-16-12-8-2)50-62(71-68)55-45-43-53(5)44-46-55/h43-52H,7-42H2,1-6H3. The summed E-state index contributed by atoms with van der Waals surface area (Å²) in [5.74, 6) is 0. The van der Waals surface area contributed by atoms with Gasteiger partial charge in [-0.15, -0.1) is 56.7 Å². The largest absolute Gasteiger partial charge is 0.139 e. The van der Waals surface area contributed by atoms with E-state index in [4.69, 9.17) is 0 Å². The molecule has 0 nitrogen and oxygen atoms in total. The lowest BCUT2D eigenvalue weighted by Crippen LogP contribution is -1.87. The normalized spacial score (nSPS) is 11.8. The number of rotatable bonds is 41. The average Bonchev–Trinajstić information content (AvgIpc) is 4.26. The Morgan fingerprint density at radius 1 is 0.260 bits per heavy atom. The quantitative estimate of drug-likeness (QED) is 0.0336. The molecule has 5 heterocycles. The highest BCUT2D eigenvalue weighted by atomic mass is 32.1. The van der Waals surface area contributed by atoms with Gasteiger partial charge in [-0.05, 0) is 129 Å². The molecule has 0 saturated heterocycles. The minimum absolute atomic E-state index is 1.18. The van der Waals surface area contributed by atoms with Crippen LogP contribution < -0.4 is 0 Å². The van der Waals surface area contributed by atoms with Crippen molar-refractivity contribution < 1.29 is 0 Å². The van der Waals surface area contributed by atoms with Gasteiger partial charge in [0.15, 0.2) is 0 Å². The van der Waals surface area contributed by atoms with E-state index in [9.17, 15) is 0 Å². The lowest BCUT2D eigenvalue weighted by molar-refractivity contribution is 0.575. The molecule has 0 amide bonds. The molecule has 0 saturated carbocycles. The minimum Gasteiger partial charge on any atom is -0.139 e. The summed E-state index contributed by atoms with van der Waals surface area (Å²) in [7, 11) is 0. The molecule has 0 radical (unpaired) electrons. The van der Waals surface area contributed by atoms with Crippen LogP contribution in [0.2, 0.25) is 0 Å². The van der Waals surface area contributed by atoms with Gasteiger partial charge in [0.1, 0.15) is 0 Å². The number of benzene rings is 1. The van der Waals surface area contributed by atoms with Crippen molar-refractivity contribution in [1.82, 2.24) is 0 Å². The van der Waals surface area contributed by atoms with Gasteiger partial charge < -0.3 is 0 Å². The first kappa shape index (κ1) is 60.0. The van der Waals surface area contributed by atoms with Crippen LogP contribution in [0.25, 0.3) is 49.5 Å². The van der Waals surface area contributed by atoms with E-state index in [1.807, 2.05) is 0 Å². The van der Waals surface area contributed by atoms with E-state index < -0.39 is 0 Å². The van der Waals surface area contributed by atoms with Gasteiger partial charge in [0, 0.05) is 48.8 Å². The van der Waals surface area contributed by atoms with Crippen LogP contribution in [0, 0.1) is 13.8 Å². The third-order valence-electron chi connectivity index (χ3n) is 15.4. The predicted octanol–water partition coefficient (Wildman–Crippen LogP) is 25.7. The molecular formula is C68H100S5. The van der Waals surface area contributed by atoms with Gasteiger partial charge in [-0.1, -0.05) is 237 Å². The van der Waals surface area contributed by atoms with Crippen molar-refractivity contribution in [1.29, 1.82) is 0 Å². The van der Waals surface area contributed by atoms with Crippen LogP contribution in [0.1, 0.15) is 266 Å². The van der Waals surface area contributed by atoms with Crippen molar-refractivity contribution in [3.05, 3.63) is 93.4 Å². The number of aryl methyl sites for hydroxylation is 6. The lowest BCUT2D eigenvalue weighted by Gasteiger charge is -2.04. The molecule has 5 aromatic heterocycles. The molecule has 0 aliphatic rings. The van der Waals surface area contributed by atoms with Gasteiger partial charge in [0.05, 0.1) is 0 Å². The lowest BCUT2D eigenvalue weighted by atomic mass is 10.0. The van der Waals surface area contributed by atoms with Gasteiger partial charge >= 0.3 is 0 Å². The minimum atomic E-state index is 1.18. The Kier molecular flexibility index (Phi) is 28.9. The summed E-state index contributed by atoms with van der Waals surface area (Å²) in [6.45, 7) is 13.9. The molecule has 0 spiro atoms. The fraction of sp³-hybridized carbons (Fsp3) is 0.618. The maximum Gasteiger partial charge on any atom is 0.0481 e. The van der Waals surface area contributed by atoms with Crippen LogP contribution in [-0.2, 0) is 25.7 Å². The summed E-state index contributed by atoms with van der Waals surface area (Å²) < 4.78 is 0. The molecule has 0 N–H and O–H groups in total. The molecule has 0 aliphatic carbocycles. The second kappa shape index (κ2) is 35.2. The highest BCUT2D eigenvalue weighted by Crippen LogP contribution is 2.50. The third-order valence-corrected chi connectivity index (χ3v) is 21.9. The van der Waals surface area contributed by atoms with E-state index in [1.54, 1.807) is 36.9 Å². The first-order chi connectivity index (χ1) is 35.9. The maximum absolute atomic E-state index is 2.66. The summed E-state index contributed by atoms with van der Waals surface area (Å²) in [6.07, 6.45) is 48.7. The second-order valence-corrected chi connectivity index (χ2v) is 27.5. The van der Waals surface area contributed by atoms with E-state index in [2.05, 4.69) is 159 Å². The smallest absolute Gasteiger partial charge is 0.0481 e. The zero-order valence-corrected chi connectivity index (χ0v) is 51.4. The molecule has 0 bridgehead atoms. The second-order valence-electron chi connectivity index (χ2n) is 22.0. The first-order valence-corrected chi connectivity index (χ1v) is 34.7. The van der Waals surface area contributed by atoms with Crippen molar-refractivity contribution in [3.8, 4) is 49.5 Å². The molecule has 5 heteroatoms. The van der Waals surface area contributed by atoms with E-state index in [0.29, 0.717) is 0 Å². The van der Waals surface area contributed by atoms with Gasteiger partial charge in [-0.3, -0.25) is 0 Å². The van der Waals surface area contributed by atoms with Gasteiger partial charge in [0.2, 0.25) is 0 Å². The van der Waals surface area contributed by atoms with Gasteiger partial charge in [-0.2, -0.15) is 0 Å². The monoisotopic (exact) mass is 1080 g/mol. The SMILES string of the molecule is CCCCCCCCCCc1cc(C)sc1-c1cc(CCCCCCCCCC)c(-c2ccc(-c3sc(-c4sc(-c5ccc(C)cc5)cc4CCCCCCCCCC)cc3CCCCCCCCCC)s2)s1. The zero-order valence-electron chi connectivity index (χ0n) is 47.3. The van der Waals surface area contributed by atoms with Crippen LogP contribution in [0.4, 0.5) is 0 Å². The molecule has 1 aromatic carbocycles. The summed E-state index contributed by atoms with van der Waals surface area (Å²) >= 11 is 10.4. The predicted molar refractivity (Wildman–Crippen MR) is 338 cm³/mol. The van der Waals surface area contributed by atoms with Crippen LogP contribution >= 0.6 is 56.7 Å². The summed E-state index contributed by atoms with van der Waals surface area (Å²) in [4.78, 5) is 15.1. The number of hydrogen-bond acceptors (Lipinski definition) is 5. The molecule has 0 atom stereocenters. The molecule has 0 unspecified atom stereocenters. The van der Waals surface area contributed by atoms with Crippen molar-refractivity contribution in [3.63, 3.8) is 0 Å². The van der Waals surface area contributed by atoms with Gasteiger partial charge in [0.25, 0.3) is 0 Å². The van der Waals surface area contributed by atoms with Crippen LogP contribution in [0.5, 0.6) is 0 Å². The Labute approximate surface area is 468 Å². The van der Waals surface area contributed by atoms with E-state index in [1.165, 1.54) is 276 Å². The van der Waals surface area contributed by atoms with Crippen LogP contribution in [0.15, 0.2) is 60.7 Å². The van der Waals surface area contributed by atoms with Crippen molar-refractivity contribution >= 4 is 56.7 Å². The van der Waals surface area contributed by atoms with E-state index in [0.717, 1.165) is 0 Å². The average molecular weight is 1080 g/mol. The van der Waals surface area contributed by atoms with E-state index >= 15 is 0 Å². The van der Waals surface area contributed by atoms with Crippen molar-refractivity contribution in [2.75, 3.05) is 0 Å². The van der Waals surface area contributed by atoms with Gasteiger partial charge in [-0.25, -0.2) is 0 Å². The molecular weight excluding hydrogens is 977 g/mol.